The summed E-state index contributed by atoms with van der Waals surface area (Å²) in [6.45, 7) is 0.453. The Morgan fingerprint density at radius 1 is 0.679 bits per heavy atom. The van der Waals surface area contributed by atoms with Crippen molar-refractivity contribution in [2.24, 2.45) is 0 Å². The van der Waals surface area contributed by atoms with Crippen molar-refractivity contribution in [3.05, 3.63) is 119 Å². The molecule has 4 aromatic rings. The summed E-state index contributed by atoms with van der Waals surface area (Å²) in [5, 5.41) is 30.5. The van der Waals surface area contributed by atoms with Crippen molar-refractivity contribution in [1.82, 2.24) is 15.0 Å². The van der Waals surface area contributed by atoms with Crippen LogP contribution in [0.1, 0.15) is 40.3 Å². The second-order valence-electron chi connectivity index (χ2n) is 6.63. The van der Waals surface area contributed by atoms with Crippen LogP contribution in [0.25, 0.3) is 0 Å². The Bertz CT molecular complexity index is 1020. The van der Waals surface area contributed by atoms with Crippen molar-refractivity contribution < 1.29 is 10.2 Å². The third kappa shape index (κ3) is 3.71. The normalized spacial score (nSPS) is 13.2. The molecule has 5 nitrogen and oxygen atoms in total. The van der Waals surface area contributed by atoms with E-state index in [2.05, 4.69) is 10.3 Å². The van der Waals surface area contributed by atoms with E-state index in [0.717, 1.165) is 11.1 Å². The molecule has 2 N–H and O–H groups in total. The molecule has 2 atom stereocenters. The Balaban J connectivity index is 1.78. The fraction of sp³-hybridized carbons (Fsp3) is 0.130. The summed E-state index contributed by atoms with van der Waals surface area (Å²) in [5.41, 5.74) is 3.32. The van der Waals surface area contributed by atoms with Gasteiger partial charge in [-0.3, -0.25) is 0 Å². The van der Waals surface area contributed by atoms with Crippen LogP contribution in [0, 0.1) is 0 Å². The van der Waals surface area contributed by atoms with Gasteiger partial charge in [-0.25, -0.2) is 4.68 Å². The van der Waals surface area contributed by atoms with Crippen LogP contribution in [0.15, 0.2) is 91.0 Å². The molecule has 1 heterocycles. The maximum Gasteiger partial charge on any atom is 0.125 e. The zero-order valence-corrected chi connectivity index (χ0v) is 15.3. The van der Waals surface area contributed by atoms with E-state index < -0.39 is 12.2 Å². The zero-order valence-electron chi connectivity index (χ0n) is 15.3. The number of aliphatic hydroxyl groups is 2. The first-order valence-corrected chi connectivity index (χ1v) is 9.17. The highest BCUT2D eigenvalue weighted by Gasteiger charge is 2.27. The highest BCUT2D eigenvalue weighted by atomic mass is 16.3. The predicted octanol–water partition coefficient (Wildman–Crippen LogP) is 3.49. The lowest BCUT2D eigenvalue weighted by molar-refractivity contribution is 0.188. The molecule has 5 heteroatoms. The summed E-state index contributed by atoms with van der Waals surface area (Å²) in [6.07, 6.45) is -1.92. The van der Waals surface area contributed by atoms with Gasteiger partial charge in [0.15, 0.2) is 0 Å². The number of rotatable bonds is 6. The van der Waals surface area contributed by atoms with Crippen molar-refractivity contribution in [3.8, 4) is 0 Å². The minimum atomic E-state index is -0.973. The van der Waals surface area contributed by atoms with Crippen LogP contribution in [0.5, 0.6) is 0 Å². The van der Waals surface area contributed by atoms with Crippen molar-refractivity contribution in [3.63, 3.8) is 0 Å². The van der Waals surface area contributed by atoms with Gasteiger partial charge in [-0.1, -0.05) is 96.2 Å². The molecule has 0 saturated heterocycles. The predicted molar refractivity (Wildman–Crippen MR) is 107 cm³/mol. The molecule has 0 radical (unpaired) electrons. The highest BCUT2D eigenvalue weighted by molar-refractivity contribution is 5.34. The van der Waals surface area contributed by atoms with Gasteiger partial charge in [0.05, 0.1) is 12.2 Å². The van der Waals surface area contributed by atoms with Crippen LogP contribution in [-0.2, 0) is 6.54 Å². The molecule has 0 aliphatic carbocycles. The van der Waals surface area contributed by atoms with E-state index in [1.807, 2.05) is 91.0 Å². The molecule has 0 amide bonds. The average molecular weight is 371 g/mol. The average Bonchev–Trinajstić information content (AvgIpc) is 3.18. The number of aromatic nitrogens is 3. The Hall–Kier alpha value is -3.28. The smallest absolute Gasteiger partial charge is 0.125 e. The Kier molecular flexibility index (Phi) is 5.28. The van der Waals surface area contributed by atoms with Gasteiger partial charge in [0.1, 0.15) is 17.9 Å². The molecule has 3 aromatic carbocycles. The molecule has 1 aromatic heterocycles. The highest BCUT2D eigenvalue weighted by Crippen LogP contribution is 2.30. The van der Waals surface area contributed by atoms with Gasteiger partial charge < -0.3 is 10.2 Å². The van der Waals surface area contributed by atoms with E-state index >= 15 is 0 Å². The van der Waals surface area contributed by atoms with Crippen LogP contribution in [0.4, 0.5) is 0 Å². The largest absolute Gasteiger partial charge is 0.382 e. The minimum absolute atomic E-state index is 0.360. The topological polar surface area (TPSA) is 71.2 Å². The summed E-state index contributed by atoms with van der Waals surface area (Å²) in [6, 6.07) is 28.5. The molecule has 0 aliphatic heterocycles. The first kappa shape index (κ1) is 18.1. The first-order chi connectivity index (χ1) is 13.7. The molecule has 0 fully saturated rings. The number of aliphatic hydroxyl groups excluding tert-OH is 2. The summed E-state index contributed by atoms with van der Waals surface area (Å²) in [5.74, 6) is 0. The summed E-state index contributed by atoms with van der Waals surface area (Å²) in [7, 11) is 0. The van der Waals surface area contributed by atoms with Crippen molar-refractivity contribution >= 4 is 0 Å². The maximum atomic E-state index is 11.1. The van der Waals surface area contributed by atoms with Gasteiger partial charge >= 0.3 is 0 Å². The van der Waals surface area contributed by atoms with Gasteiger partial charge in [-0.05, 0) is 16.7 Å². The van der Waals surface area contributed by atoms with Gasteiger partial charge in [-0.2, -0.15) is 0 Å². The SMILES string of the molecule is O[C@H](c1ccccc1)c1nnn(Cc2ccccc2)c1[C@@H](O)c1ccccc1. The van der Waals surface area contributed by atoms with E-state index in [-0.39, 0.29) is 0 Å². The molecular formula is C23H21N3O2. The monoisotopic (exact) mass is 371 g/mol. The van der Waals surface area contributed by atoms with Crippen LogP contribution >= 0.6 is 0 Å². The van der Waals surface area contributed by atoms with Crippen molar-refractivity contribution in [2.45, 2.75) is 18.8 Å². The molecule has 0 aliphatic rings. The number of benzene rings is 3. The fourth-order valence-electron chi connectivity index (χ4n) is 3.27. The molecular weight excluding hydrogens is 350 g/mol. The van der Waals surface area contributed by atoms with E-state index in [1.54, 1.807) is 4.68 Å². The van der Waals surface area contributed by atoms with E-state index in [1.165, 1.54) is 0 Å². The number of hydrogen-bond donors (Lipinski definition) is 2. The quantitative estimate of drug-likeness (QED) is 0.544. The lowest BCUT2D eigenvalue weighted by atomic mass is 9.99. The zero-order chi connectivity index (χ0) is 19.3. The summed E-state index contributed by atoms with van der Waals surface area (Å²) < 4.78 is 1.66. The Morgan fingerprint density at radius 3 is 1.75 bits per heavy atom. The third-order valence-electron chi connectivity index (χ3n) is 4.72. The number of hydrogen-bond acceptors (Lipinski definition) is 4. The van der Waals surface area contributed by atoms with Gasteiger partial charge in [-0.15, -0.1) is 5.10 Å². The standard InChI is InChI=1S/C23H21N3O2/c27-22(18-12-6-2-7-13-18)20-21(23(28)19-14-8-3-9-15-19)26(25-24-20)16-17-10-4-1-5-11-17/h1-15,22-23,27-28H,16H2/t22-,23+/m1/s1. The van der Waals surface area contributed by atoms with E-state index in [9.17, 15) is 10.2 Å². The van der Waals surface area contributed by atoms with Crippen molar-refractivity contribution in [2.75, 3.05) is 0 Å². The summed E-state index contributed by atoms with van der Waals surface area (Å²) in [4.78, 5) is 0. The lowest BCUT2D eigenvalue weighted by Crippen LogP contribution is -2.14. The van der Waals surface area contributed by atoms with Crippen LogP contribution in [0.2, 0.25) is 0 Å². The lowest BCUT2D eigenvalue weighted by Gasteiger charge is -2.17. The second kappa shape index (κ2) is 8.17. The second-order valence-corrected chi connectivity index (χ2v) is 6.63. The molecule has 0 saturated carbocycles. The molecule has 0 bridgehead atoms. The van der Waals surface area contributed by atoms with Crippen LogP contribution in [-0.4, -0.2) is 25.2 Å². The Labute approximate surface area is 163 Å². The third-order valence-corrected chi connectivity index (χ3v) is 4.72. The molecule has 140 valence electrons. The molecule has 28 heavy (non-hydrogen) atoms. The first-order valence-electron chi connectivity index (χ1n) is 9.17. The Morgan fingerprint density at radius 2 is 1.18 bits per heavy atom. The maximum absolute atomic E-state index is 11.1. The van der Waals surface area contributed by atoms with Crippen LogP contribution < -0.4 is 0 Å². The van der Waals surface area contributed by atoms with Crippen LogP contribution in [0.3, 0.4) is 0 Å². The van der Waals surface area contributed by atoms with E-state index in [4.69, 9.17) is 0 Å². The van der Waals surface area contributed by atoms with Crippen molar-refractivity contribution in [1.29, 1.82) is 0 Å². The minimum Gasteiger partial charge on any atom is -0.382 e. The number of nitrogens with zero attached hydrogens (tertiary/aromatic N) is 3. The molecule has 0 spiro atoms. The van der Waals surface area contributed by atoms with Gasteiger partial charge in [0, 0.05) is 0 Å². The molecule has 4 rings (SSSR count). The van der Waals surface area contributed by atoms with Gasteiger partial charge in [0.25, 0.3) is 0 Å². The fourth-order valence-corrected chi connectivity index (χ4v) is 3.27. The van der Waals surface area contributed by atoms with E-state index in [0.29, 0.717) is 23.5 Å². The van der Waals surface area contributed by atoms with Gasteiger partial charge in [0.2, 0.25) is 0 Å². The molecule has 0 unspecified atom stereocenters. The summed E-state index contributed by atoms with van der Waals surface area (Å²) >= 11 is 0.